The Morgan fingerprint density at radius 1 is 1.20 bits per heavy atom. The molecule has 2 rings (SSSR count). The van der Waals surface area contributed by atoms with Gasteiger partial charge in [0, 0.05) is 11.4 Å². The third kappa shape index (κ3) is 3.22. The van der Waals surface area contributed by atoms with Crippen LogP contribution in [0.1, 0.15) is 25.2 Å². The molecule has 0 aliphatic carbocycles. The highest BCUT2D eigenvalue weighted by Crippen LogP contribution is 2.34. The molecule has 108 valence electrons. The largest absolute Gasteiger partial charge is 0.329 e. The standard InChI is InChI=1S/C15H20FN3S/c1-3-13-15(14(4-2)19(18-13)10-9-17)20-12-7-5-11(16)6-8-12/h5-8H,3-4,9-10,17H2,1-2H3. The van der Waals surface area contributed by atoms with Crippen LogP contribution < -0.4 is 5.73 Å². The summed E-state index contributed by atoms with van der Waals surface area (Å²) in [5, 5.41) is 4.64. The van der Waals surface area contributed by atoms with Crippen LogP contribution in [-0.4, -0.2) is 16.3 Å². The van der Waals surface area contributed by atoms with E-state index in [-0.39, 0.29) is 5.82 Å². The molecule has 0 saturated carbocycles. The predicted molar refractivity (Wildman–Crippen MR) is 80.6 cm³/mol. The molecular weight excluding hydrogens is 273 g/mol. The summed E-state index contributed by atoms with van der Waals surface area (Å²) >= 11 is 1.65. The van der Waals surface area contributed by atoms with E-state index in [1.165, 1.54) is 22.7 Å². The first-order valence-electron chi connectivity index (χ1n) is 6.91. The highest BCUT2D eigenvalue weighted by molar-refractivity contribution is 7.99. The fraction of sp³-hybridized carbons (Fsp3) is 0.400. The van der Waals surface area contributed by atoms with Crippen LogP contribution in [0, 0.1) is 5.82 Å². The first kappa shape index (κ1) is 15.1. The van der Waals surface area contributed by atoms with E-state index in [4.69, 9.17) is 5.73 Å². The summed E-state index contributed by atoms with van der Waals surface area (Å²) in [4.78, 5) is 2.22. The van der Waals surface area contributed by atoms with Gasteiger partial charge in [0.2, 0.25) is 0 Å². The van der Waals surface area contributed by atoms with Gasteiger partial charge < -0.3 is 5.73 Å². The van der Waals surface area contributed by atoms with Crippen LogP contribution >= 0.6 is 11.8 Å². The lowest BCUT2D eigenvalue weighted by Crippen LogP contribution is -2.13. The van der Waals surface area contributed by atoms with E-state index in [0.717, 1.165) is 30.0 Å². The molecule has 3 nitrogen and oxygen atoms in total. The zero-order chi connectivity index (χ0) is 14.5. The van der Waals surface area contributed by atoms with E-state index in [1.807, 2.05) is 4.68 Å². The minimum absolute atomic E-state index is 0.209. The Labute approximate surface area is 123 Å². The fourth-order valence-electron chi connectivity index (χ4n) is 2.16. The second-order valence-electron chi connectivity index (χ2n) is 4.50. The molecule has 0 spiro atoms. The fourth-order valence-corrected chi connectivity index (χ4v) is 3.33. The number of halogens is 1. The van der Waals surface area contributed by atoms with Crippen molar-refractivity contribution in [3.05, 3.63) is 41.5 Å². The Hall–Kier alpha value is -1.33. The number of benzene rings is 1. The number of hydrogen-bond donors (Lipinski definition) is 1. The van der Waals surface area contributed by atoms with E-state index in [2.05, 4.69) is 18.9 Å². The molecule has 0 atom stereocenters. The molecule has 0 amide bonds. The molecule has 1 aromatic carbocycles. The number of nitrogens with zero attached hydrogens (tertiary/aromatic N) is 2. The smallest absolute Gasteiger partial charge is 0.123 e. The topological polar surface area (TPSA) is 43.8 Å². The van der Waals surface area contributed by atoms with Crippen molar-refractivity contribution in [2.75, 3.05) is 6.54 Å². The van der Waals surface area contributed by atoms with Crippen molar-refractivity contribution in [3.8, 4) is 0 Å². The van der Waals surface area contributed by atoms with Gasteiger partial charge in [-0.3, -0.25) is 4.68 Å². The lowest BCUT2D eigenvalue weighted by atomic mass is 10.2. The molecular formula is C15H20FN3S. The van der Waals surface area contributed by atoms with Gasteiger partial charge in [-0.2, -0.15) is 5.10 Å². The molecule has 5 heteroatoms. The van der Waals surface area contributed by atoms with Crippen molar-refractivity contribution in [3.63, 3.8) is 0 Å². The number of rotatable bonds is 6. The minimum atomic E-state index is -0.209. The van der Waals surface area contributed by atoms with Crippen LogP contribution in [0.4, 0.5) is 4.39 Å². The maximum absolute atomic E-state index is 13.0. The first-order valence-corrected chi connectivity index (χ1v) is 7.73. The summed E-state index contributed by atoms with van der Waals surface area (Å²) in [6.07, 6.45) is 1.80. The quantitative estimate of drug-likeness (QED) is 0.889. The van der Waals surface area contributed by atoms with E-state index >= 15 is 0 Å². The first-order chi connectivity index (χ1) is 9.69. The number of hydrogen-bond acceptors (Lipinski definition) is 3. The van der Waals surface area contributed by atoms with Crippen molar-refractivity contribution < 1.29 is 4.39 Å². The number of nitrogens with two attached hydrogens (primary N) is 1. The zero-order valence-electron chi connectivity index (χ0n) is 11.9. The Kier molecular flexibility index (Phi) is 5.20. The molecule has 2 N–H and O–H groups in total. The van der Waals surface area contributed by atoms with E-state index in [1.54, 1.807) is 23.9 Å². The van der Waals surface area contributed by atoms with Gasteiger partial charge in [-0.25, -0.2) is 4.39 Å². The summed E-state index contributed by atoms with van der Waals surface area (Å²) in [6, 6.07) is 6.59. The normalized spacial score (nSPS) is 11.0. The van der Waals surface area contributed by atoms with Crippen LogP contribution in [0.3, 0.4) is 0 Å². The predicted octanol–water partition coefficient (Wildman–Crippen LogP) is 3.26. The summed E-state index contributed by atoms with van der Waals surface area (Å²) in [5.41, 5.74) is 7.94. The molecule has 0 unspecified atom stereocenters. The van der Waals surface area contributed by atoms with Gasteiger partial charge in [0.25, 0.3) is 0 Å². The minimum Gasteiger partial charge on any atom is -0.329 e. The van der Waals surface area contributed by atoms with Gasteiger partial charge in [-0.15, -0.1) is 0 Å². The lowest BCUT2D eigenvalue weighted by Gasteiger charge is -2.06. The number of aryl methyl sites for hydroxylation is 1. The molecule has 1 heterocycles. The van der Waals surface area contributed by atoms with Gasteiger partial charge in [-0.1, -0.05) is 25.6 Å². The zero-order valence-corrected chi connectivity index (χ0v) is 12.7. The Morgan fingerprint density at radius 2 is 1.90 bits per heavy atom. The Balaban J connectivity index is 2.35. The van der Waals surface area contributed by atoms with Crippen LogP contribution in [0.25, 0.3) is 0 Å². The van der Waals surface area contributed by atoms with Crippen LogP contribution in [0.15, 0.2) is 34.1 Å². The van der Waals surface area contributed by atoms with Crippen LogP contribution in [-0.2, 0) is 19.4 Å². The molecule has 0 radical (unpaired) electrons. The van der Waals surface area contributed by atoms with Crippen molar-refractivity contribution in [1.82, 2.24) is 9.78 Å². The second kappa shape index (κ2) is 6.90. The molecule has 0 bridgehead atoms. The summed E-state index contributed by atoms with van der Waals surface area (Å²) in [7, 11) is 0. The maximum atomic E-state index is 13.0. The van der Waals surface area contributed by atoms with Crippen molar-refractivity contribution >= 4 is 11.8 Å². The molecule has 2 aromatic rings. The lowest BCUT2D eigenvalue weighted by molar-refractivity contribution is 0.589. The van der Waals surface area contributed by atoms with Crippen molar-refractivity contribution in [1.29, 1.82) is 0 Å². The van der Waals surface area contributed by atoms with Gasteiger partial charge in [-0.05, 0) is 37.1 Å². The summed E-state index contributed by atoms with van der Waals surface area (Å²) in [5.74, 6) is -0.209. The molecule has 0 aliphatic heterocycles. The van der Waals surface area contributed by atoms with Crippen molar-refractivity contribution in [2.24, 2.45) is 5.73 Å². The van der Waals surface area contributed by atoms with Crippen LogP contribution in [0.2, 0.25) is 0 Å². The molecule has 0 fully saturated rings. The van der Waals surface area contributed by atoms with Gasteiger partial charge >= 0.3 is 0 Å². The molecule has 0 aliphatic rings. The third-order valence-corrected chi connectivity index (χ3v) is 4.30. The SMILES string of the molecule is CCc1nn(CCN)c(CC)c1Sc1ccc(F)cc1. The van der Waals surface area contributed by atoms with Crippen molar-refractivity contribution in [2.45, 2.75) is 43.0 Å². The molecule has 0 saturated heterocycles. The highest BCUT2D eigenvalue weighted by Gasteiger charge is 2.16. The second-order valence-corrected chi connectivity index (χ2v) is 5.58. The molecule has 20 heavy (non-hydrogen) atoms. The van der Waals surface area contributed by atoms with Crippen LogP contribution in [0.5, 0.6) is 0 Å². The average molecular weight is 293 g/mol. The highest BCUT2D eigenvalue weighted by atomic mass is 32.2. The maximum Gasteiger partial charge on any atom is 0.123 e. The Morgan fingerprint density at radius 3 is 2.45 bits per heavy atom. The Bertz CT molecular complexity index is 563. The van der Waals surface area contributed by atoms with Gasteiger partial charge in [0.15, 0.2) is 0 Å². The monoisotopic (exact) mass is 293 g/mol. The van der Waals surface area contributed by atoms with Gasteiger partial charge in [0.05, 0.1) is 22.8 Å². The number of aromatic nitrogens is 2. The van der Waals surface area contributed by atoms with E-state index in [0.29, 0.717) is 6.54 Å². The van der Waals surface area contributed by atoms with Gasteiger partial charge in [0.1, 0.15) is 5.82 Å². The van der Waals surface area contributed by atoms with E-state index < -0.39 is 0 Å². The van der Waals surface area contributed by atoms with E-state index in [9.17, 15) is 4.39 Å². The summed E-state index contributed by atoms with van der Waals surface area (Å²) in [6.45, 7) is 5.54. The summed E-state index contributed by atoms with van der Waals surface area (Å²) < 4.78 is 15.0. The average Bonchev–Trinajstić information content (AvgIpc) is 2.78. The molecule has 1 aromatic heterocycles. The third-order valence-electron chi connectivity index (χ3n) is 3.12.